The number of alkyl halides is 3. The molecule has 1 atom stereocenters. The van der Waals surface area contributed by atoms with E-state index in [0.29, 0.717) is 0 Å². The Balaban J connectivity index is 0.00000225. The highest BCUT2D eigenvalue weighted by Crippen LogP contribution is 2.40. The smallest absolute Gasteiger partial charge is 0.407 e. The number of aromatic hydroxyl groups is 1. The van der Waals surface area contributed by atoms with Crippen LogP contribution in [0.2, 0.25) is 10.0 Å². The van der Waals surface area contributed by atoms with Crippen molar-refractivity contribution >= 4 is 35.6 Å². The van der Waals surface area contributed by atoms with Gasteiger partial charge >= 0.3 is 6.18 Å². The summed E-state index contributed by atoms with van der Waals surface area (Å²) in [5, 5.41) is 8.94. The van der Waals surface area contributed by atoms with E-state index in [0.717, 1.165) is 12.1 Å². The summed E-state index contributed by atoms with van der Waals surface area (Å²) in [4.78, 5) is 0. The number of nitrogens with two attached hydrogens (primary N) is 1. The summed E-state index contributed by atoms with van der Waals surface area (Å²) < 4.78 is 36.7. The lowest BCUT2D eigenvalue weighted by Gasteiger charge is -2.17. The quantitative estimate of drug-likeness (QED) is 0.830. The van der Waals surface area contributed by atoms with Gasteiger partial charge in [-0.25, -0.2) is 0 Å². The van der Waals surface area contributed by atoms with Gasteiger partial charge in [0.2, 0.25) is 0 Å². The van der Waals surface area contributed by atoms with Crippen LogP contribution in [-0.4, -0.2) is 11.3 Å². The van der Waals surface area contributed by atoms with E-state index in [1.54, 1.807) is 0 Å². The minimum Gasteiger partial charge on any atom is -0.506 e. The van der Waals surface area contributed by atoms with Crippen molar-refractivity contribution in [3.05, 3.63) is 27.7 Å². The topological polar surface area (TPSA) is 46.2 Å². The molecule has 92 valence electrons. The molecule has 1 aromatic rings. The van der Waals surface area contributed by atoms with E-state index in [-0.39, 0.29) is 22.5 Å². The minimum absolute atomic E-state index is 0. The van der Waals surface area contributed by atoms with Crippen molar-refractivity contribution in [2.45, 2.75) is 12.2 Å². The fourth-order valence-electron chi connectivity index (χ4n) is 0.982. The van der Waals surface area contributed by atoms with E-state index in [2.05, 4.69) is 0 Å². The second kappa shape index (κ2) is 5.31. The molecule has 0 saturated heterocycles. The van der Waals surface area contributed by atoms with E-state index in [1.165, 1.54) is 0 Å². The van der Waals surface area contributed by atoms with E-state index in [9.17, 15) is 18.3 Å². The zero-order valence-electron chi connectivity index (χ0n) is 7.55. The summed E-state index contributed by atoms with van der Waals surface area (Å²) in [7, 11) is 0. The van der Waals surface area contributed by atoms with Crippen molar-refractivity contribution in [1.29, 1.82) is 0 Å². The normalized spacial score (nSPS) is 13.1. The number of halogens is 6. The van der Waals surface area contributed by atoms with Gasteiger partial charge in [-0.15, -0.1) is 12.4 Å². The highest BCUT2D eigenvalue weighted by atomic mass is 35.5. The number of hydrogen-bond acceptors (Lipinski definition) is 2. The Kier molecular flexibility index (Phi) is 5.19. The first-order valence-corrected chi connectivity index (χ1v) is 4.50. The van der Waals surface area contributed by atoms with E-state index in [1.807, 2.05) is 0 Å². The van der Waals surface area contributed by atoms with Crippen LogP contribution in [-0.2, 0) is 0 Å². The monoisotopic (exact) mass is 295 g/mol. The van der Waals surface area contributed by atoms with Crippen molar-refractivity contribution in [2.24, 2.45) is 5.73 Å². The first kappa shape index (κ1) is 15.6. The van der Waals surface area contributed by atoms with Gasteiger partial charge in [0.1, 0.15) is 16.8 Å². The lowest BCUT2D eigenvalue weighted by molar-refractivity contribution is -0.149. The summed E-state index contributed by atoms with van der Waals surface area (Å²) in [5.41, 5.74) is 4.40. The zero-order valence-corrected chi connectivity index (χ0v) is 9.88. The molecule has 0 saturated carbocycles. The Labute approximate surface area is 106 Å². The summed E-state index contributed by atoms with van der Waals surface area (Å²) in [6, 6.07) is -0.154. The van der Waals surface area contributed by atoms with Crippen molar-refractivity contribution in [3.8, 4) is 5.75 Å². The third-order valence-corrected chi connectivity index (χ3v) is 2.58. The van der Waals surface area contributed by atoms with Crippen molar-refractivity contribution in [1.82, 2.24) is 0 Å². The molecule has 0 aliphatic rings. The van der Waals surface area contributed by atoms with Crippen molar-refractivity contribution in [2.75, 3.05) is 0 Å². The third-order valence-electron chi connectivity index (χ3n) is 1.79. The Hall–Kier alpha value is -0.360. The van der Waals surface area contributed by atoms with Crippen molar-refractivity contribution < 1.29 is 18.3 Å². The van der Waals surface area contributed by atoms with Gasteiger partial charge < -0.3 is 10.8 Å². The molecule has 16 heavy (non-hydrogen) atoms. The molecule has 0 unspecified atom stereocenters. The standard InChI is InChI=1S/C8H6Cl2F3NO.ClH/c9-4-2-1-3(6(15)5(4)10)7(14)8(11,12)13;/h1-2,7,15H,14H2;1H/t7-;/m1./s1. The first-order chi connectivity index (χ1) is 6.75. The molecule has 3 N–H and O–H groups in total. The van der Waals surface area contributed by atoms with Crippen LogP contribution in [0.1, 0.15) is 11.6 Å². The maximum Gasteiger partial charge on any atom is 0.407 e. The zero-order chi connectivity index (χ0) is 11.8. The largest absolute Gasteiger partial charge is 0.506 e. The van der Waals surface area contributed by atoms with Gasteiger partial charge in [0.05, 0.1) is 5.02 Å². The van der Waals surface area contributed by atoms with Gasteiger partial charge in [0.25, 0.3) is 0 Å². The number of hydrogen-bond donors (Lipinski definition) is 2. The van der Waals surface area contributed by atoms with Crippen LogP contribution < -0.4 is 5.73 Å². The molecular weight excluding hydrogens is 289 g/mol. The molecule has 0 spiro atoms. The van der Waals surface area contributed by atoms with Gasteiger partial charge in [-0.1, -0.05) is 29.3 Å². The lowest BCUT2D eigenvalue weighted by atomic mass is 10.1. The fraction of sp³-hybridized carbons (Fsp3) is 0.250. The van der Waals surface area contributed by atoms with Crippen LogP contribution in [0.4, 0.5) is 13.2 Å². The van der Waals surface area contributed by atoms with E-state index in [4.69, 9.17) is 28.9 Å². The van der Waals surface area contributed by atoms with Gasteiger partial charge in [-0.3, -0.25) is 0 Å². The Bertz CT molecular complexity index is 384. The SMILES string of the molecule is Cl.N[C@H](c1ccc(Cl)c(Cl)c1O)C(F)(F)F. The maximum atomic E-state index is 12.2. The predicted molar refractivity (Wildman–Crippen MR) is 58.4 cm³/mol. The highest BCUT2D eigenvalue weighted by Gasteiger charge is 2.39. The molecule has 8 heteroatoms. The van der Waals surface area contributed by atoms with Gasteiger partial charge in [-0.2, -0.15) is 13.2 Å². The van der Waals surface area contributed by atoms with Crippen LogP contribution >= 0.6 is 35.6 Å². The van der Waals surface area contributed by atoms with Gasteiger partial charge in [0, 0.05) is 5.56 Å². The highest BCUT2D eigenvalue weighted by molar-refractivity contribution is 6.43. The Morgan fingerprint density at radius 1 is 1.25 bits per heavy atom. The average molecular weight is 297 g/mol. The molecule has 1 aromatic carbocycles. The maximum absolute atomic E-state index is 12.2. The van der Waals surface area contributed by atoms with Gasteiger partial charge in [-0.05, 0) is 6.07 Å². The molecule has 0 bridgehead atoms. The Morgan fingerprint density at radius 3 is 2.19 bits per heavy atom. The molecule has 0 heterocycles. The molecule has 0 aliphatic heterocycles. The third kappa shape index (κ3) is 3.07. The average Bonchev–Trinajstić information content (AvgIpc) is 2.12. The number of benzene rings is 1. The number of phenols is 1. The summed E-state index contributed by atoms with van der Waals surface area (Å²) in [5.74, 6) is -0.742. The molecule has 1 rings (SSSR count). The number of rotatable bonds is 1. The predicted octanol–water partition coefficient (Wildman–Crippen LogP) is 3.68. The molecular formula is C8H7Cl3F3NO. The van der Waals surface area contributed by atoms with Crippen LogP contribution in [0, 0.1) is 0 Å². The van der Waals surface area contributed by atoms with Crippen LogP contribution in [0.25, 0.3) is 0 Å². The Morgan fingerprint density at radius 2 is 1.75 bits per heavy atom. The molecule has 0 fully saturated rings. The summed E-state index contributed by atoms with van der Waals surface area (Å²) in [6.45, 7) is 0. The molecule has 0 aliphatic carbocycles. The summed E-state index contributed by atoms with van der Waals surface area (Å²) in [6.07, 6.45) is -4.64. The molecule has 0 amide bonds. The van der Waals surface area contributed by atoms with Crippen LogP contribution in [0.15, 0.2) is 12.1 Å². The second-order valence-electron chi connectivity index (χ2n) is 2.82. The minimum atomic E-state index is -4.64. The van der Waals surface area contributed by atoms with E-state index >= 15 is 0 Å². The molecule has 0 aromatic heterocycles. The van der Waals surface area contributed by atoms with Gasteiger partial charge in [0.15, 0.2) is 0 Å². The lowest BCUT2D eigenvalue weighted by Crippen LogP contribution is -2.28. The molecule has 0 radical (unpaired) electrons. The first-order valence-electron chi connectivity index (χ1n) is 3.74. The second-order valence-corrected chi connectivity index (χ2v) is 3.60. The fourth-order valence-corrected chi connectivity index (χ4v) is 1.31. The summed E-state index contributed by atoms with van der Waals surface area (Å²) >= 11 is 11.0. The molecule has 2 nitrogen and oxygen atoms in total. The van der Waals surface area contributed by atoms with Crippen LogP contribution in [0.5, 0.6) is 5.75 Å². The van der Waals surface area contributed by atoms with E-state index < -0.39 is 23.5 Å². The van der Waals surface area contributed by atoms with Crippen molar-refractivity contribution in [3.63, 3.8) is 0 Å². The van der Waals surface area contributed by atoms with Crippen LogP contribution in [0.3, 0.4) is 0 Å². The number of phenolic OH excluding ortho intramolecular Hbond substituents is 1.